The Morgan fingerprint density at radius 2 is 2.21 bits per heavy atom. The number of aromatic nitrogens is 3. The molecule has 0 bridgehead atoms. The van der Waals surface area contributed by atoms with E-state index in [1.165, 1.54) is 0 Å². The van der Waals surface area contributed by atoms with E-state index in [1.807, 2.05) is 33.9 Å². The normalized spacial score (nSPS) is 17.3. The van der Waals surface area contributed by atoms with E-state index in [2.05, 4.69) is 15.1 Å². The molecule has 4 rings (SSSR count). The molecule has 1 saturated heterocycles. The fraction of sp³-hybridized carbons (Fsp3) is 0.294. The maximum Gasteiger partial charge on any atom is 0.231 e. The zero-order valence-electron chi connectivity index (χ0n) is 13.0. The number of amides is 1. The van der Waals surface area contributed by atoms with E-state index in [4.69, 9.17) is 4.52 Å². The molecule has 0 N–H and O–H groups in total. The molecule has 3 aromatic rings. The van der Waals surface area contributed by atoms with Gasteiger partial charge in [0, 0.05) is 31.0 Å². The van der Waals surface area contributed by atoms with Crippen molar-refractivity contribution in [2.45, 2.75) is 18.8 Å². The van der Waals surface area contributed by atoms with Crippen molar-refractivity contribution < 1.29 is 9.32 Å². The highest BCUT2D eigenvalue weighted by molar-refractivity contribution is 7.08. The van der Waals surface area contributed by atoms with Crippen molar-refractivity contribution in [3.05, 3.63) is 52.8 Å². The highest BCUT2D eigenvalue weighted by Crippen LogP contribution is 2.28. The predicted octanol–water partition coefficient (Wildman–Crippen LogP) is 2.75. The van der Waals surface area contributed by atoms with Crippen LogP contribution in [-0.4, -0.2) is 39.0 Å². The molecule has 0 radical (unpaired) electrons. The third kappa shape index (κ3) is 3.07. The van der Waals surface area contributed by atoms with Crippen molar-refractivity contribution in [2.75, 3.05) is 13.1 Å². The number of thiophene rings is 1. The largest absolute Gasteiger partial charge is 0.342 e. The number of carbonyl (C=O) groups excluding carboxylic acids is 1. The third-order valence-electron chi connectivity index (χ3n) is 4.21. The van der Waals surface area contributed by atoms with Gasteiger partial charge in [-0.05, 0) is 40.9 Å². The highest BCUT2D eigenvalue weighted by Gasteiger charge is 2.31. The summed E-state index contributed by atoms with van der Waals surface area (Å²) in [6.07, 6.45) is 4.72. The monoisotopic (exact) mass is 340 g/mol. The lowest BCUT2D eigenvalue weighted by Gasteiger charge is -2.15. The van der Waals surface area contributed by atoms with Crippen molar-refractivity contribution >= 4 is 17.2 Å². The standard InChI is InChI=1S/C17H16N4O2S/c22-15(9-12-4-8-24-11-12)21-7-3-14(10-21)17-19-16(20-23-17)13-1-5-18-6-2-13/h1-2,4-6,8,11,14H,3,7,9-10H2/t14-/m1/s1. The van der Waals surface area contributed by atoms with Crippen LogP contribution in [0, 0.1) is 0 Å². The summed E-state index contributed by atoms with van der Waals surface area (Å²) < 4.78 is 5.42. The van der Waals surface area contributed by atoms with Gasteiger partial charge in [-0.2, -0.15) is 16.3 Å². The van der Waals surface area contributed by atoms with Gasteiger partial charge in [-0.1, -0.05) is 5.16 Å². The molecule has 24 heavy (non-hydrogen) atoms. The number of nitrogens with zero attached hydrogens (tertiary/aromatic N) is 4. The van der Waals surface area contributed by atoms with Crippen LogP contribution in [0.3, 0.4) is 0 Å². The Bertz CT molecular complexity index is 816. The van der Waals surface area contributed by atoms with Gasteiger partial charge in [0.15, 0.2) is 0 Å². The Kier molecular flexibility index (Phi) is 4.08. The second kappa shape index (κ2) is 6.52. The van der Waals surface area contributed by atoms with E-state index in [0.717, 1.165) is 24.1 Å². The second-order valence-electron chi connectivity index (χ2n) is 5.83. The minimum absolute atomic E-state index is 0.111. The average Bonchev–Trinajstić information content (AvgIpc) is 3.36. The van der Waals surface area contributed by atoms with Crippen LogP contribution in [-0.2, 0) is 11.2 Å². The topological polar surface area (TPSA) is 72.1 Å². The second-order valence-corrected chi connectivity index (χ2v) is 6.61. The summed E-state index contributed by atoms with van der Waals surface area (Å²) in [7, 11) is 0. The molecule has 0 spiro atoms. The molecule has 1 aliphatic rings. The zero-order chi connectivity index (χ0) is 16.4. The van der Waals surface area contributed by atoms with Crippen LogP contribution in [0.5, 0.6) is 0 Å². The van der Waals surface area contributed by atoms with Crippen LogP contribution in [0.1, 0.15) is 23.8 Å². The predicted molar refractivity (Wildman–Crippen MR) is 89.5 cm³/mol. The summed E-state index contributed by atoms with van der Waals surface area (Å²) in [4.78, 5) is 22.7. The van der Waals surface area contributed by atoms with Gasteiger partial charge in [-0.15, -0.1) is 0 Å². The van der Waals surface area contributed by atoms with E-state index < -0.39 is 0 Å². The SMILES string of the molecule is O=C(Cc1ccsc1)N1CC[C@@H](c2nc(-c3ccncc3)no2)C1. The van der Waals surface area contributed by atoms with Gasteiger partial charge in [0.25, 0.3) is 0 Å². The summed E-state index contributed by atoms with van der Waals surface area (Å²) in [6.45, 7) is 1.38. The first-order valence-electron chi connectivity index (χ1n) is 7.82. The Hall–Kier alpha value is -2.54. The molecular weight excluding hydrogens is 324 g/mol. The molecule has 1 atom stereocenters. The average molecular weight is 340 g/mol. The summed E-state index contributed by atoms with van der Waals surface area (Å²) in [5.74, 6) is 1.44. The van der Waals surface area contributed by atoms with Gasteiger partial charge in [-0.25, -0.2) is 0 Å². The molecule has 0 aromatic carbocycles. The lowest BCUT2D eigenvalue weighted by atomic mass is 10.1. The number of pyridine rings is 1. The Morgan fingerprint density at radius 1 is 1.33 bits per heavy atom. The van der Waals surface area contributed by atoms with E-state index >= 15 is 0 Å². The van der Waals surface area contributed by atoms with Crippen LogP contribution in [0.15, 0.2) is 45.9 Å². The molecule has 7 heteroatoms. The lowest BCUT2D eigenvalue weighted by Crippen LogP contribution is -2.29. The first-order valence-corrected chi connectivity index (χ1v) is 8.77. The van der Waals surface area contributed by atoms with Gasteiger partial charge < -0.3 is 9.42 Å². The molecule has 0 unspecified atom stereocenters. The van der Waals surface area contributed by atoms with Crippen molar-refractivity contribution in [3.63, 3.8) is 0 Å². The number of likely N-dealkylation sites (tertiary alicyclic amines) is 1. The maximum absolute atomic E-state index is 12.4. The molecule has 1 aliphatic heterocycles. The third-order valence-corrected chi connectivity index (χ3v) is 4.94. The van der Waals surface area contributed by atoms with Crippen molar-refractivity contribution in [1.82, 2.24) is 20.0 Å². The minimum Gasteiger partial charge on any atom is -0.342 e. The number of hydrogen-bond acceptors (Lipinski definition) is 6. The quantitative estimate of drug-likeness (QED) is 0.730. The molecular formula is C17H16N4O2S. The number of rotatable bonds is 4. The first-order chi connectivity index (χ1) is 11.8. The van der Waals surface area contributed by atoms with Gasteiger partial charge in [0.1, 0.15) is 0 Å². The van der Waals surface area contributed by atoms with Crippen LogP contribution in [0.2, 0.25) is 0 Å². The van der Waals surface area contributed by atoms with Gasteiger partial charge in [0.2, 0.25) is 17.6 Å². The highest BCUT2D eigenvalue weighted by atomic mass is 32.1. The summed E-state index contributed by atoms with van der Waals surface area (Å²) in [5.41, 5.74) is 1.95. The van der Waals surface area contributed by atoms with Crippen LogP contribution >= 0.6 is 11.3 Å². The summed E-state index contributed by atoms with van der Waals surface area (Å²) in [6, 6.07) is 5.69. The maximum atomic E-state index is 12.4. The Morgan fingerprint density at radius 3 is 3.00 bits per heavy atom. The molecule has 4 heterocycles. The number of carbonyl (C=O) groups is 1. The van der Waals surface area contributed by atoms with Crippen molar-refractivity contribution in [1.29, 1.82) is 0 Å². The Labute approximate surface area is 143 Å². The lowest BCUT2D eigenvalue weighted by molar-refractivity contribution is -0.129. The number of hydrogen-bond donors (Lipinski definition) is 0. The van der Waals surface area contributed by atoms with E-state index in [-0.39, 0.29) is 11.8 Å². The van der Waals surface area contributed by atoms with E-state index in [9.17, 15) is 4.79 Å². The molecule has 3 aromatic heterocycles. The van der Waals surface area contributed by atoms with Crippen LogP contribution in [0.4, 0.5) is 0 Å². The Balaban J connectivity index is 1.42. The van der Waals surface area contributed by atoms with Crippen LogP contribution < -0.4 is 0 Å². The minimum atomic E-state index is 0.111. The summed E-state index contributed by atoms with van der Waals surface area (Å²) in [5, 5.41) is 8.06. The molecule has 1 amide bonds. The molecule has 6 nitrogen and oxygen atoms in total. The van der Waals surface area contributed by atoms with Gasteiger partial charge in [0.05, 0.1) is 12.3 Å². The molecule has 0 saturated carbocycles. The van der Waals surface area contributed by atoms with Gasteiger partial charge >= 0.3 is 0 Å². The first kappa shape index (κ1) is 15.0. The molecule has 1 fully saturated rings. The van der Waals surface area contributed by atoms with E-state index in [1.54, 1.807) is 23.7 Å². The van der Waals surface area contributed by atoms with Crippen molar-refractivity contribution in [2.24, 2.45) is 0 Å². The fourth-order valence-corrected chi connectivity index (χ4v) is 3.56. The smallest absolute Gasteiger partial charge is 0.231 e. The fourth-order valence-electron chi connectivity index (χ4n) is 2.89. The van der Waals surface area contributed by atoms with E-state index in [0.29, 0.717) is 24.7 Å². The summed E-state index contributed by atoms with van der Waals surface area (Å²) >= 11 is 1.61. The van der Waals surface area contributed by atoms with Gasteiger partial charge in [-0.3, -0.25) is 9.78 Å². The molecule has 0 aliphatic carbocycles. The van der Waals surface area contributed by atoms with Crippen LogP contribution in [0.25, 0.3) is 11.4 Å². The molecule has 122 valence electrons. The zero-order valence-corrected chi connectivity index (χ0v) is 13.8. The van der Waals surface area contributed by atoms with Crippen molar-refractivity contribution in [3.8, 4) is 11.4 Å².